The van der Waals surface area contributed by atoms with Crippen molar-refractivity contribution in [2.75, 3.05) is 12.9 Å². The van der Waals surface area contributed by atoms with Gasteiger partial charge in [-0.3, -0.25) is 14.9 Å². The highest BCUT2D eigenvalue weighted by Crippen LogP contribution is 2.37. The summed E-state index contributed by atoms with van der Waals surface area (Å²) in [6, 6.07) is 4.63. The lowest BCUT2D eigenvalue weighted by Crippen LogP contribution is -2.45. The van der Waals surface area contributed by atoms with Gasteiger partial charge in [-0.2, -0.15) is 0 Å². The number of nitrogens with zero attached hydrogens (tertiary/aromatic N) is 1. The van der Waals surface area contributed by atoms with Crippen LogP contribution in [0.25, 0.3) is 0 Å². The lowest BCUT2D eigenvalue weighted by atomic mass is 10.1. The van der Waals surface area contributed by atoms with Gasteiger partial charge in [0.25, 0.3) is 5.69 Å². The van der Waals surface area contributed by atoms with Crippen molar-refractivity contribution in [1.29, 1.82) is 0 Å². The number of thioether (sulfide) groups is 1. The van der Waals surface area contributed by atoms with Crippen LogP contribution in [0.2, 0.25) is 0 Å². The van der Waals surface area contributed by atoms with Crippen molar-refractivity contribution in [3.8, 4) is 0 Å². The van der Waals surface area contributed by atoms with Gasteiger partial charge in [0.1, 0.15) is 22.5 Å². The number of carbonyl (C=O) groups excluding carboxylic acids is 3. The van der Waals surface area contributed by atoms with Gasteiger partial charge in [-0.05, 0) is 41.5 Å². The third-order valence-corrected chi connectivity index (χ3v) is 4.95. The number of carbonyl (C=O) groups is 3. The van der Waals surface area contributed by atoms with E-state index in [4.69, 9.17) is 14.2 Å². The Kier molecular flexibility index (Phi) is 9.50. The highest BCUT2D eigenvalue weighted by Gasteiger charge is 2.34. The Hall–Kier alpha value is -2.82. The summed E-state index contributed by atoms with van der Waals surface area (Å²) >= 11 is 0.917. The third-order valence-electron chi connectivity index (χ3n) is 3.64. The second kappa shape index (κ2) is 11.2. The van der Waals surface area contributed by atoms with Crippen LogP contribution in [0.1, 0.15) is 52.4 Å². The van der Waals surface area contributed by atoms with Gasteiger partial charge in [0.05, 0.1) is 17.6 Å². The van der Waals surface area contributed by atoms with Crippen LogP contribution in [0.5, 0.6) is 0 Å². The molecule has 0 aliphatic rings. The number of amides is 1. The number of nitro benzene ring substituents is 1. The summed E-state index contributed by atoms with van der Waals surface area (Å²) in [4.78, 5) is 48.2. The van der Waals surface area contributed by atoms with Crippen LogP contribution in [0.4, 0.5) is 10.5 Å². The normalized spacial score (nSPS) is 13.5. The number of para-hydroxylation sites is 1. The molecular formula is C21H30N2O8S. The van der Waals surface area contributed by atoms with Gasteiger partial charge in [0, 0.05) is 11.8 Å². The lowest BCUT2D eigenvalue weighted by Gasteiger charge is -2.25. The van der Waals surface area contributed by atoms with Crippen molar-refractivity contribution in [3.63, 3.8) is 0 Å². The predicted octanol–water partition coefficient (Wildman–Crippen LogP) is 3.78. The molecule has 0 aliphatic carbocycles. The molecule has 1 rings (SSSR count). The molecule has 0 bridgehead atoms. The number of nitro groups is 1. The number of alkyl carbamates (subject to hydrolysis) is 1. The number of ether oxygens (including phenoxy) is 3. The molecule has 1 amide bonds. The largest absolute Gasteiger partial charge is 0.467 e. The average molecular weight is 471 g/mol. The Balaban J connectivity index is 3.19. The zero-order valence-electron chi connectivity index (χ0n) is 19.3. The van der Waals surface area contributed by atoms with Crippen LogP contribution in [0.3, 0.4) is 0 Å². The molecule has 178 valence electrons. The van der Waals surface area contributed by atoms with E-state index in [2.05, 4.69) is 5.32 Å². The van der Waals surface area contributed by atoms with Crippen LogP contribution < -0.4 is 5.32 Å². The summed E-state index contributed by atoms with van der Waals surface area (Å²) in [5, 5.41) is 12.8. The van der Waals surface area contributed by atoms with E-state index in [1.54, 1.807) is 47.6 Å². The zero-order chi connectivity index (χ0) is 24.7. The molecule has 2 atom stereocenters. The molecule has 1 N–H and O–H groups in total. The van der Waals surface area contributed by atoms with Crippen molar-refractivity contribution in [2.45, 2.75) is 64.0 Å². The van der Waals surface area contributed by atoms with Gasteiger partial charge < -0.3 is 19.5 Å². The molecule has 0 heterocycles. The van der Waals surface area contributed by atoms with Crippen LogP contribution in [0.15, 0.2) is 24.3 Å². The molecule has 0 saturated heterocycles. The summed E-state index contributed by atoms with van der Waals surface area (Å²) < 4.78 is 15.4. The highest BCUT2D eigenvalue weighted by molar-refractivity contribution is 8.00. The lowest BCUT2D eigenvalue weighted by molar-refractivity contribution is -0.385. The summed E-state index contributed by atoms with van der Waals surface area (Å²) in [5.74, 6) is -1.59. The molecule has 0 saturated carbocycles. The molecular weight excluding hydrogens is 440 g/mol. The first-order valence-electron chi connectivity index (χ1n) is 9.79. The summed E-state index contributed by atoms with van der Waals surface area (Å²) in [7, 11) is 1.16. The molecule has 10 nitrogen and oxygen atoms in total. The van der Waals surface area contributed by atoms with E-state index in [9.17, 15) is 24.5 Å². The summed E-state index contributed by atoms with van der Waals surface area (Å²) in [6.07, 6.45) is -0.840. The number of benzene rings is 1. The standard InChI is InChI=1S/C21H30N2O8S/c1-20(2,3)30-18(25)16(13-10-8-9-11-15(13)23(27)28)32-12-14(17(24)29-7)22-19(26)31-21(4,5)6/h8-11,14,16H,12H2,1-7H3,(H,22,26)/t14-,16?/m0/s1. The molecule has 1 aromatic rings. The molecule has 0 spiro atoms. The summed E-state index contributed by atoms with van der Waals surface area (Å²) in [5.41, 5.74) is -1.76. The van der Waals surface area contributed by atoms with Gasteiger partial charge in [0.15, 0.2) is 0 Å². The van der Waals surface area contributed by atoms with E-state index in [0.717, 1.165) is 18.9 Å². The maximum absolute atomic E-state index is 12.9. The Labute approximate surface area is 191 Å². The topological polar surface area (TPSA) is 134 Å². The fourth-order valence-corrected chi connectivity index (χ4v) is 3.64. The van der Waals surface area contributed by atoms with Crippen molar-refractivity contribution < 1.29 is 33.5 Å². The second-order valence-corrected chi connectivity index (χ2v) is 9.92. The van der Waals surface area contributed by atoms with E-state index < -0.39 is 45.4 Å². The molecule has 32 heavy (non-hydrogen) atoms. The van der Waals surface area contributed by atoms with Gasteiger partial charge >= 0.3 is 18.0 Å². The van der Waals surface area contributed by atoms with Gasteiger partial charge in [-0.1, -0.05) is 18.2 Å². The van der Waals surface area contributed by atoms with Crippen LogP contribution in [-0.4, -0.2) is 53.1 Å². The van der Waals surface area contributed by atoms with E-state index in [-0.39, 0.29) is 17.0 Å². The smallest absolute Gasteiger partial charge is 0.408 e. The molecule has 11 heteroatoms. The third kappa shape index (κ3) is 9.13. The average Bonchev–Trinajstić information content (AvgIpc) is 2.63. The number of hydrogen-bond donors (Lipinski definition) is 1. The summed E-state index contributed by atoms with van der Waals surface area (Å²) in [6.45, 7) is 10.0. The van der Waals surface area contributed by atoms with E-state index in [1.807, 2.05) is 0 Å². The minimum atomic E-state index is -1.16. The Morgan fingerprint density at radius 2 is 1.59 bits per heavy atom. The fraction of sp³-hybridized carbons (Fsp3) is 0.571. The Morgan fingerprint density at radius 1 is 1.03 bits per heavy atom. The molecule has 1 unspecified atom stereocenters. The van der Waals surface area contributed by atoms with Gasteiger partial charge in [-0.25, -0.2) is 9.59 Å². The van der Waals surface area contributed by atoms with E-state index in [1.165, 1.54) is 18.2 Å². The molecule has 0 aliphatic heterocycles. The number of esters is 2. The number of methoxy groups -OCH3 is 1. The second-order valence-electron chi connectivity index (χ2n) is 8.78. The first-order chi connectivity index (χ1) is 14.6. The van der Waals surface area contributed by atoms with Crippen LogP contribution in [-0.2, 0) is 23.8 Å². The van der Waals surface area contributed by atoms with E-state index >= 15 is 0 Å². The Morgan fingerprint density at radius 3 is 2.09 bits per heavy atom. The molecule has 0 radical (unpaired) electrons. The predicted molar refractivity (Wildman–Crippen MR) is 119 cm³/mol. The first-order valence-corrected chi connectivity index (χ1v) is 10.8. The van der Waals surface area contributed by atoms with Crippen LogP contribution in [0, 0.1) is 10.1 Å². The molecule has 1 aromatic carbocycles. The molecule has 0 fully saturated rings. The van der Waals surface area contributed by atoms with Crippen molar-refractivity contribution in [3.05, 3.63) is 39.9 Å². The fourth-order valence-electron chi connectivity index (χ4n) is 2.47. The van der Waals surface area contributed by atoms with Crippen molar-refractivity contribution in [2.24, 2.45) is 0 Å². The Bertz CT molecular complexity index is 845. The molecule has 0 aromatic heterocycles. The number of hydrogen-bond acceptors (Lipinski definition) is 9. The maximum Gasteiger partial charge on any atom is 0.408 e. The SMILES string of the molecule is COC(=O)[C@H](CSC(C(=O)OC(C)(C)C)c1ccccc1[N+](=O)[O-])NC(=O)OC(C)(C)C. The number of nitrogens with one attached hydrogen (secondary N) is 1. The minimum absolute atomic E-state index is 0.123. The minimum Gasteiger partial charge on any atom is -0.467 e. The van der Waals surface area contributed by atoms with Crippen molar-refractivity contribution >= 4 is 35.5 Å². The van der Waals surface area contributed by atoms with Crippen LogP contribution >= 0.6 is 11.8 Å². The quantitative estimate of drug-likeness (QED) is 0.261. The maximum atomic E-state index is 12.9. The highest BCUT2D eigenvalue weighted by atomic mass is 32.2. The van der Waals surface area contributed by atoms with Crippen molar-refractivity contribution in [1.82, 2.24) is 5.32 Å². The van der Waals surface area contributed by atoms with Gasteiger partial charge in [-0.15, -0.1) is 11.8 Å². The van der Waals surface area contributed by atoms with E-state index in [0.29, 0.717) is 0 Å². The zero-order valence-corrected chi connectivity index (χ0v) is 20.1. The first kappa shape index (κ1) is 27.2. The monoisotopic (exact) mass is 470 g/mol. The number of rotatable bonds is 8. The van der Waals surface area contributed by atoms with Gasteiger partial charge in [0.2, 0.25) is 0 Å².